The average Bonchev–Trinajstić information content (AvgIpc) is 3.10. The largest absolute Gasteiger partial charge is 0.454 e. The van der Waals surface area contributed by atoms with Gasteiger partial charge in [-0.1, -0.05) is 18.2 Å². The topological polar surface area (TPSA) is 59.1 Å². The number of aryl methyl sites for hydroxylation is 1. The van der Waals surface area contributed by atoms with Crippen molar-refractivity contribution in [2.75, 3.05) is 31.3 Å². The molecule has 1 fully saturated rings. The van der Waals surface area contributed by atoms with Gasteiger partial charge in [-0.2, -0.15) is 0 Å². The second-order valence-electron chi connectivity index (χ2n) is 6.84. The molecule has 0 aromatic heterocycles. The lowest BCUT2D eigenvalue weighted by atomic mass is 9.96. The third-order valence-corrected chi connectivity index (χ3v) is 5.13. The summed E-state index contributed by atoms with van der Waals surface area (Å²) in [5, 5.41) is 0. The molecule has 2 amide bonds. The van der Waals surface area contributed by atoms with E-state index in [2.05, 4.69) is 0 Å². The molecule has 2 aliphatic rings. The molecular weight excluding hydrogens is 344 g/mol. The molecule has 2 aromatic carbocycles. The second-order valence-corrected chi connectivity index (χ2v) is 6.84. The van der Waals surface area contributed by atoms with E-state index in [1.165, 1.54) is 0 Å². The molecule has 2 aromatic rings. The molecule has 6 heteroatoms. The van der Waals surface area contributed by atoms with Gasteiger partial charge in [0, 0.05) is 30.9 Å². The van der Waals surface area contributed by atoms with Gasteiger partial charge in [0.05, 0.1) is 5.92 Å². The first-order valence-electron chi connectivity index (χ1n) is 9.14. The first kappa shape index (κ1) is 17.4. The van der Waals surface area contributed by atoms with Gasteiger partial charge >= 0.3 is 0 Å². The molecule has 0 N–H and O–H groups in total. The Bertz CT molecular complexity index is 890. The van der Waals surface area contributed by atoms with Crippen LogP contribution in [-0.4, -0.2) is 43.1 Å². The fourth-order valence-electron chi connectivity index (χ4n) is 3.54. The molecule has 0 spiro atoms. The van der Waals surface area contributed by atoms with Crippen LogP contribution in [0.25, 0.3) is 0 Å². The average molecular weight is 366 g/mol. The highest BCUT2D eigenvalue weighted by Gasteiger charge is 2.38. The number of anilines is 1. The molecule has 0 unspecified atom stereocenters. The van der Waals surface area contributed by atoms with Gasteiger partial charge in [-0.25, -0.2) is 0 Å². The van der Waals surface area contributed by atoms with Crippen LogP contribution in [0.15, 0.2) is 42.5 Å². The van der Waals surface area contributed by atoms with E-state index in [9.17, 15) is 9.59 Å². The van der Waals surface area contributed by atoms with Crippen molar-refractivity contribution >= 4 is 17.5 Å². The summed E-state index contributed by atoms with van der Waals surface area (Å²) in [4.78, 5) is 29.1. The predicted octanol–water partition coefficient (Wildman–Crippen LogP) is 2.85. The normalized spacial score (nSPS) is 15.4. The Labute approximate surface area is 158 Å². The van der Waals surface area contributed by atoms with E-state index in [4.69, 9.17) is 9.47 Å². The van der Waals surface area contributed by atoms with Crippen LogP contribution in [0, 0.1) is 12.8 Å². The lowest BCUT2D eigenvalue weighted by Gasteiger charge is -2.40. The van der Waals surface area contributed by atoms with Gasteiger partial charge in [0.25, 0.3) is 5.91 Å². The monoisotopic (exact) mass is 366 g/mol. The molecule has 6 nitrogen and oxygen atoms in total. The quantitative estimate of drug-likeness (QED) is 0.835. The van der Waals surface area contributed by atoms with Crippen molar-refractivity contribution in [3.63, 3.8) is 0 Å². The number of para-hydroxylation sites is 1. The zero-order chi connectivity index (χ0) is 19.0. The Hall–Kier alpha value is -3.02. The van der Waals surface area contributed by atoms with Crippen LogP contribution in [-0.2, 0) is 4.79 Å². The molecule has 140 valence electrons. The highest BCUT2D eigenvalue weighted by atomic mass is 16.7. The number of hydrogen-bond acceptors (Lipinski definition) is 4. The SMILES string of the molecule is CCN(C(=O)C1CN(C(=O)c2ccc3c(c2)OCO3)C1)c1ccccc1C. The van der Waals surface area contributed by atoms with Crippen molar-refractivity contribution < 1.29 is 19.1 Å². The van der Waals surface area contributed by atoms with E-state index in [-0.39, 0.29) is 24.5 Å². The third kappa shape index (κ3) is 3.12. The van der Waals surface area contributed by atoms with Crippen molar-refractivity contribution in [1.82, 2.24) is 4.90 Å². The summed E-state index contributed by atoms with van der Waals surface area (Å²) in [5.74, 6) is 1.06. The molecule has 0 aliphatic carbocycles. The Kier molecular flexibility index (Phi) is 4.48. The van der Waals surface area contributed by atoms with E-state index < -0.39 is 0 Å². The number of nitrogens with zero attached hydrogens (tertiary/aromatic N) is 2. The van der Waals surface area contributed by atoms with Crippen LogP contribution in [0.1, 0.15) is 22.8 Å². The van der Waals surface area contributed by atoms with Gasteiger partial charge in [-0.15, -0.1) is 0 Å². The van der Waals surface area contributed by atoms with Crippen LogP contribution in [0.3, 0.4) is 0 Å². The molecule has 0 atom stereocenters. The molecule has 0 saturated carbocycles. The zero-order valence-electron chi connectivity index (χ0n) is 15.5. The number of carbonyl (C=O) groups excluding carboxylic acids is 2. The number of fused-ring (bicyclic) bond motifs is 1. The third-order valence-electron chi connectivity index (χ3n) is 5.13. The lowest BCUT2D eigenvalue weighted by Crippen LogP contribution is -2.56. The molecule has 2 aliphatic heterocycles. The van der Waals surface area contributed by atoms with Crippen molar-refractivity contribution in [3.8, 4) is 11.5 Å². The van der Waals surface area contributed by atoms with Crippen molar-refractivity contribution in [2.24, 2.45) is 5.92 Å². The molecule has 0 radical (unpaired) electrons. The van der Waals surface area contributed by atoms with Gasteiger partial charge in [-0.3, -0.25) is 9.59 Å². The summed E-state index contributed by atoms with van der Waals surface area (Å²) >= 11 is 0. The van der Waals surface area contributed by atoms with E-state index >= 15 is 0 Å². The number of rotatable bonds is 4. The zero-order valence-corrected chi connectivity index (χ0v) is 15.5. The van der Waals surface area contributed by atoms with Crippen molar-refractivity contribution in [2.45, 2.75) is 13.8 Å². The number of carbonyl (C=O) groups is 2. The Balaban J connectivity index is 1.42. The molecule has 4 rings (SSSR count). The van der Waals surface area contributed by atoms with E-state index in [0.717, 1.165) is 11.3 Å². The number of amides is 2. The van der Waals surface area contributed by atoms with Gasteiger partial charge < -0.3 is 19.3 Å². The Morgan fingerprint density at radius 2 is 1.85 bits per heavy atom. The number of hydrogen-bond donors (Lipinski definition) is 0. The standard InChI is InChI=1S/C21H22N2O4/c1-3-23(17-7-5-4-6-14(17)2)21(25)16-11-22(12-16)20(24)15-8-9-18-19(10-15)27-13-26-18/h4-10,16H,3,11-13H2,1-2H3. The summed E-state index contributed by atoms with van der Waals surface area (Å²) < 4.78 is 10.6. The van der Waals surface area contributed by atoms with Crippen molar-refractivity contribution in [3.05, 3.63) is 53.6 Å². The Morgan fingerprint density at radius 3 is 2.59 bits per heavy atom. The molecule has 0 bridgehead atoms. The van der Waals surface area contributed by atoms with Crippen molar-refractivity contribution in [1.29, 1.82) is 0 Å². The highest BCUT2D eigenvalue weighted by molar-refractivity contribution is 6.00. The van der Waals surface area contributed by atoms with Gasteiger partial charge in [-0.05, 0) is 43.7 Å². The maximum atomic E-state index is 12.9. The first-order chi connectivity index (χ1) is 13.1. The summed E-state index contributed by atoms with van der Waals surface area (Å²) in [7, 11) is 0. The van der Waals surface area contributed by atoms with E-state index in [1.807, 2.05) is 43.0 Å². The van der Waals surface area contributed by atoms with E-state index in [1.54, 1.807) is 23.1 Å². The molecule has 1 saturated heterocycles. The van der Waals surface area contributed by atoms with Gasteiger partial charge in [0.1, 0.15) is 0 Å². The lowest BCUT2D eigenvalue weighted by molar-refractivity contribution is -0.126. The maximum absolute atomic E-state index is 12.9. The molecule has 2 heterocycles. The second kappa shape index (κ2) is 6.95. The fourth-order valence-corrected chi connectivity index (χ4v) is 3.54. The number of benzene rings is 2. The number of likely N-dealkylation sites (tertiary alicyclic amines) is 1. The first-order valence-corrected chi connectivity index (χ1v) is 9.14. The van der Waals surface area contributed by atoms with Crippen LogP contribution >= 0.6 is 0 Å². The molecule has 27 heavy (non-hydrogen) atoms. The minimum Gasteiger partial charge on any atom is -0.454 e. The minimum atomic E-state index is -0.164. The smallest absolute Gasteiger partial charge is 0.254 e. The van der Waals surface area contributed by atoms with Crippen LogP contribution < -0.4 is 14.4 Å². The number of ether oxygens (including phenoxy) is 2. The van der Waals surface area contributed by atoms with Crippen LogP contribution in [0.5, 0.6) is 11.5 Å². The van der Waals surface area contributed by atoms with E-state index in [0.29, 0.717) is 36.7 Å². The summed E-state index contributed by atoms with van der Waals surface area (Å²) in [5.41, 5.74) is 2.56. The molecular formula is C21H22N2O4. The van der Waals surface area contributed by atoms with Gasteiger partial charge in [0.2, 0.25) is 12.7 Å². The summed E-state index contributed by atoms with van der Waals surface area (Å²) in [6.07, 6.45) is 0. The van der Waals surface area contributed by atoms with Gasteiger partial charge in [0.15, 0.2) is 11.5 Å². The fraction of sp³-hybridized carbons (Fsp3) is 0.333. The summed E-state index contributed by atoms with van der Waals surface area (Å²) in [6, 6.07) is 13.0. The minimum absolute atomic E-state index is 0.0709. The maximum Gasteiger partial charge on any atom is 0.254 e. The summed E-state index contributed by atoms with van der Waals surface area (Å²) in [6.45, 7) is 5.64. The van der Waals surface area contributed by atoms with Crippen LogP contribution in [0.2, 0.25) is 0 Å². The Morgan fingerprint density at radius 1 is 1.11 bits per heavy atom. The highest BCUT2D eigenvalue weighted by Crippen LogP contribution is 2.33. The predicted molar refractivity (Wildman–Crippen MR) is 101 cm³/mol. The van der Waals surface area contributed by atoms with Crippen LogP contribution in [0.4, 0.5) is 5.69 Å².